The highest BCUT2D eigenvalue weighted by atomic mass is 14.9. The van der Waals surface area contributed by atoms with Crippen LogP contribution >= 0.6 is 0 Å². The number of anilines is 2. The smallest absolute Gasteiger partial charge is 0.0790 e. The van der Waals surface area contributed by atoms with Gasteiger partial charge < -0.3 is 22.1 Å². The van der Waals surface area contributed by atoms with E-state index in [-0.39, 0.29) is 0 Å². The zero-order chi connectivity index (χ0) is 17.7. The van der Waals surface area contributed by atoms with Gasteiger partial charge >= 0.3 is 0 Å². The van der Waals surface area contributed by atoms with Gasteiger partial charge in [0.1, 0.15) is 0 Å². The summed E-state index contributed by atoms with van der Waals surface area (Å²) in [6.45, 7) is 8.82. The molecule has 0 aliphatic carbocycles. The quantitative estimate of drug-likeness (QED) is 0.628. The van der Waals surface area contributed by atoms with E-state index in [0.29, 0.717) is 18.6 Å². The van der Waals surface area contributed by atoms with Crippen LogP contribution in [-0.2, 0) is 5.54 Å². The van der Waals surface area contributed by atoms with Gasteiger partial charge in [-0.25, -0.2) is 0 Å². The second-order valence-electron chi connectivity index (χ2n) is 6.93. The van der Waals surface area contributed by atoms with Crippen LogP contribution in [0.1, 0.15) is 38.8 Å². The summed E-state index contributed by atoms with van der Waals surface area (Å²) in [6, 6.07) is 17.2. The van der Waals surface area contributed by atoms with Gasteiger partial charge in [-0.2, -0.15) is 0 Å². The minimum atomic E-state index is -0.688. The standard InChI is InChI=1S/C20H30N4/c1-14(2)23-18-9-5-16(6-10-18)20(22,13-21)17-7-11-19(12-8-17)24-15(3)4/h5-12,14-15,23-24H,13,21-22H2,1-4H3. The fourth-order valence-corrected chi connectivity index (χ4v) is 2.80. The molecule has 4 heteroatoms. The second-order valence-corrected chi connectivity index (χ2v) is 6.93. The van der Waals surface area contributed by atoms with Crippen molar-refractivity contribution in [3.05, 3.63) is 59.7 Å². The number of nitrogens with one attached hydrogen (secondary N) is 2. The molecule has 0 amide bonds. The summed E-state index contributed by atoms with van der Waals surface area (Å²) in [5.41, 5.74) is 16.3. The molecule has 0 saturated heterocycles. The van der Waals surface area contributed by atoms with E-state index in [1.165, 1.54) is 0 Å². The number of benzene rings is 2. The van der Waals surface area contributed by atoms with Gasteiger partial charge in [0.15, 0.2) is 0 Å². The summed E-state index contributed by atoms with van der Waals surface area (Å²) in [5, 5.41) is 6.77. The predicted octanol–water partition coefficient (Wildman–Crippen LogP) is 3.49. The molecule has 6 N–H and O–H groups in total. The van der Waals surface area contributed by atoms with Crippen LogP contribution in [-0.4, -0.2) is 18.6 Å². The van der Waals surface area contributed by atoms with E-state index in [1.54, 1.807) is 0 Å². The van der Waals surface area contributed by atoms with Gasteiger partial charge in [-0.15, -0.1) is 0 Å². The Morgan fingerprint density at radius 3 is 1.33 bits per heavy atom. The molecule has 0 aliphatic heterocycles. The van der Waals surface area contributed by atoms with E-state index >= 15 is 0 Å². The fourth-order valence-electron chi connectivity index (χ4n) is 2.80. The summed E-state index contributed by atoms with van der Waals surface area (Å²) < 4.78 is 0. The zero-order valence-electron chi connectivity index (χ0n) is 15.1. The van der Waals surface area contributed by atoms with Crippen molar-refractivity contribution >= 4 is 11.4 Å². The van der Waals surface area contributed by atoms with Crippen LogP contribution in [0.4, 0.5) is 11.4 Å². The van der Waals surface area contributed by atoms with Crippen molar-refractivity contribution in [3.8, 4) is 0 Å². The van der Waals surface area contributed by atoms with Crippen molar-refractivity contribution in [2.24, 2.45) is 11.5 Å². The predicted molar refractivity (Wildman–Crippen MR) is 104 cm³/mol. The van der Waals surface area contributed by atoms with Crippen molar-refractivity contribution in [1.82, 2.24) is 0 Å². The summed E-state index contributed by atoms with van der Waals surface area (Å²) >= 11 is 0. The molecular weight excluding hydrogens is 296 g/mol. The first kappa shape index (κ1) is 18.3. The van der Waals surface area contributed by atoms with Crippen molar-refractivity contribution in [2.45, 2.75) is 45.3 Å². The van der Waals surface area contributed by atoms with Gasteiger partial charge in [-0.05, 0) is 63.1 Å². The summed E-state index contributed by atoms with van der Waals surface area (Å²) in [6.07, 6.45) is 0. The monoisotopic (exact) mass is 326 g/mol. The van der Waals surface area contributed by atoms with Crippen molar-refractivity contribution in [3.63, 3.8) is 0 Å². The van der Waals surface area contributed by atoms with E-state index < -0.39 is 5.54 Å². The third-order valence-electron chi connectivity index (χ3n) is 4.03. The summed E-state index contributed by atoms with van der Waals surface area (Å²) in [5.74, 6) is 0. The highest BCUT2D eigenvalue weighted by Crippen LogP contribution is 2.28. The van der Waals surface area contributed by atoms with Gasteiger partial charge in [0.25, 0.3) is 0 Å². The Kier molecular flexibility index (Phi) is 5.86. The lowest BCUT2D eigenvalue weighted by molar-refractivity contribution is 0.552. The molecule has 24 heavy (non-hydrogen) atoms. The number of hydrogen-bond acceptors (Lipinski definition) is 4. The van der Waals surface area contributed by atoms with Crippen molar-refractivity contribution in [1.29, 1.82) is 0 Å². The molecule has 0 fully saturated rings. The van der Waals surface area contributed by atoms with Gasteiger partial charge in [-0.1, -0.05) is 24.3 Å². The zero-order valence-corrected chi connectivity index (χ0v) is 15.1. The van der Waals surface area contributed by atoms with Crippen LogP contribution in [0.3, 0.4) is 0 Å². The van der Waals surface area contributed by atoms with Crippen molar-refractivity contribution < 1.29 is 0 Å². The van der Waals surface area contributed by atoms with E-state index in [0.717, 1.165) is 22.5 Å². The van der Waals surface area contributed by atoms with E-state index in [1.807, 2.05) is 0 Å². The molecule has 0 aromatic heterocycles. The van der Waals surface area contributed by atoms with Gasteiger partial charge in [0.05, 0.1) is 5.54 Å². The normalized spacial score (nSPS) is 11.8. The molecule has 0 spiro atoms. The second kappa shape index (κ2) is 7.69. The van der Waals surface area contributed by atoms with Crippen molar-refractivity contribution in [2.75, 3.05) is 17.2 Å². The van der Waals surface area contributed by atoms with Crippen LogP contribution in [0, 0.1) is 0 Å². The first-order chi connectivity index (χ1) is 11.3. The number of rotatable bonds is 7. The molecule has 130 valence electrons. The van der Waals surface area contributed by atoms with E-state index in [4.69, 9.17) is 11.5 Å². The highest BCUT2D eigenvalue weighted by molar-refractivity contribution is 5.51. The molecular formula is C20H30N4. The molecule has 0 bridgehead atoms. The molecule has 0 radical (unpaired) electrons. The van der Waals surface area contributed by atoms with Crippen LogP contribution in [0.15, 0.2) is 48.5 Å². The third kappa shape index (κ3) is 4.28. The molecule has 2 rings (SSSR count). The molecule has 2 aromatic rings. The lowest BCUT2D eigenvalue weighted by atomic mass is 9.83. The Bertz CT molecular complexity index is 576. The van der Waals surface area contributed by atoms with E-state index in [9.17, 15) is 0 Å². The van der Waals surface area contributed by atoms with Gasteiger partial charge in [0.2, 0.25) is 0 Å². The maximum Gasteiger partial charge on any atom is 0.0790 e. The lowest BCUT2D eigenvalue weighted by Gasteiger charge is -2.30. The van der Waals surface area contributed by atoms with Crippen LogP contribution in [0.2, 0.25) is 0 Å². The molecule has 0 atom stereocenters. The Morgan fingerprint density at radius 1 is 0.750 bits per heavy atom. The maximum atomic E-state index is 6.68. The van der Waals surface area contributed by atoms with Gasteiger partial charge in [0, 0.05) is 30.0 Å². The Balaban J connectivity index is 2.26. The Morgan fingerprint density at radius 2 is 1.08 bits per heavy atom. The molecule has 0 unspecified atom stereocenters. The third-order valence-corrected chi connectivity index (χ3v) is 4.03. The summed E-state index contributed by atoms with van der Waals surface area (Å²) in [4.78, 5) is 0. The van der Waals surface area contributed by atoms with Crippen LogP contribution < -0.4 is 22.1 Å². The minimum Gasteiger partial charge on any atom is -0.383 e. The molecule has 0 aliphatic rings. The average molecular weight is 326 g/mol. The van der Waals surface area contributed by atoms with E-state index in [2.05, 4.69) is 86.9 Å². The SMILES string of the molecule is CC(C)Nc1ccc(C(N)(CN)c2ccc(NC(C)C)cc2)cc1. The summed E-state index contributed by atoms with van der Waals surface area (Å²) in [7, 11) is 0. The number of hydrogen-bond donors (Lipinski definition) is 4. The Hall–Kier alpha value is -2.04. The van der Waals surface area contributed by atoms with Gasteiger partial charge in [-0.3, -0.25) is 0 Å². The lowest BCUT2D eigenvalue weighted by Crippen LogP contribution is -2.45. The first-order valence-electron chi connectivity index (χ1n) is 8.58. The molecule has 4 nitrogen and oxygen atoms in total. The minimum absolute atomic E-state index is 0.348. The highest BCUT2D eigenvalue weighted by Gasteiger charge is 2.28. The molecule has 0 saturated carbocycles. The van der Waals surface area contributed by atoms with Crippen LogP contribution in [0.5, 0.6) is 0 Å². The molecule has 2 aromatic carbocycles. The largest absolute Gasteiger partial charge is 0.383 e. The Labute approximate surface area is 145 Å². The number of nitrogens with two attached hydrogens (primary N) is 2. The molecule has 0 heterocycles. The maximum absolute atomic E-state index is 6.68. The fraction of sp³-hybridized carbons (Fsp3) is 0.400. The average Bonchev–Trinajstić information content (AvgIpc) is 2.54. The first-order valence-corrected chi connectivity index (χ1v) is 8.58. The van der Waals surface area contributed by atoms with Crippen LogP contribution in [0.25, 0.3) is 0 Å². The topological polar surface area (TPSA) is 76.1 Å².